The van der Waals surface area contributed by atoms with E-state index in [1.54, 1.807) is 29.2 Å². The highest BCUT2D eigenvalue weighted by atomic mass is 32.1. The summed E-state index contributed by atoms with van der Waals surface area (Å²) in [4.78, 5) is 36.6. The molecule has 166 valence electrons. The summed E-state index contributed by atoms with van der Waals surface area (Å²) >= 11 is 1.57. The number of hydrogen-bond acceptors (Lipinski definition) is 8. The van der Waals surface area contributed by atoms with E-state index in [4.69, 9.17) is 9.26 Å². The highest BCUT2D eigenvalue weighted by molar-refractivity contribution is 7.13. The number of anilines is 1. The minimum Gasteiger partial charge on any atom is -0.479 e. The van der Waals surface area contributed by atoms with Gasteiger partial charge in [0.1, 0.15) is 12.3 Å². The van der Waals surface area contributed by atoms with E-state index in [0.717, 1.165) is 4.88 Å². The number of para-hydroxylation sites is 2. The Morgan fingerprint density at radius 3 is 2.75 bits per heavy atom. The molecule has 1 aromatic carbocycles. The van der Waals surface area contributed by atoms with Gasteiger partial charge in [0.25, 0.3) is 5.91 Å². The Morgan fingerprint density at radius 2 is 1.97 bits per heavy atom. The summed E-state index contributed by atoms with van der Waals surface area (Å²) in [6.07, 6.45) is -0.608. The number of carbonyl (C=O) groups excluding carboxylic acids is 2. The van der Waals surface area contributed by atoms with Crippen LogP contribution in [0.15, 0.2) is 46.3 Å². The zero-order chi connectivity index (χ0) is 22.1. The molecule has 2 amide bonds. The molecule has 1 unspecified atom stereocenters. The summed E-state index contributed by atoms with van der Waals surface area (Å²) in [5.74, 6) is 1.53. The molecule has 2 aliphatic rings. The van der Waals surface area contributed by atoms with Gasteiger partial charge in [-0.15, -0.1) is 11.3 Å². The van der Waals surface area contributed by atoms with E-state index in [9.17, 15) is 9.59 Å². The predicted molar refractivity (Wildman–Crippen MR) is 118 cm³/mol. The number of hydrogen-bond donors (Lipinski definition) is 0. The van der Waals surface area contributed by atoms with Crippen molar-refractivity contribution < 1.29 is 18.8 Å². The molecule has 2 aromatic heterocycles. The highest BCUT2D eigenvalue weighted by Crippen LogP contribution is 2.33. The van der Waals surface area contributed by atoms with Gasteiger partial charge in [0.05, 0.1) is 17.1 Å². The first-order valence-electron chi connectivity index (χ1n) is 10.5. The maximum atomic E-state index is 13.0. The van der Waals surface area contributed by atoms with E-state index >= 15 is 0 Å². The van der Waals surface area contributed by atoms with E-state index in [2.05, 4.69) is 15.0 Å². The van der Waals surface area contributed by atoms with Gasteiger partial charge in [-0.25, -0.2) is 0 Å². The number of benzene rings is 1. The van der Waals surface area contributed by atoms with Crippen LogP contribution in [0.25, 0.3) is 10.7 Å². The van der Waals surface area contributed by atoms with Gasteiger partial charge in [0, 0.05) is 26.2 Å². The fourth-order valence-corrected chi connectivity index (χ4v) is 4.58. The van der Waals surface area contributed by atoms with Crippen molar-refractivity contribution in [2.45, 2.75) is 19.6 Å². The largest absolute Gasteiger partial charge is 0.479 e. The highest BCUT2D eigenvalue weighted by Gasteiger charge is 2.34. The molecule has 0 aliphatic carbocycles. The standard InChI is InChI=1S/C22H23N5O4S/c1-15-22(29)27(16-5-2-3-6-17(16)30-15)14-20(28)26-10-8-25(9-11-26)13-19-23-21(24-31-19)18-7-4-12-32-18/h2-7,12,15H,8-11,13-14H2,1H3. The van der Waals surface area contributed by atoms with Crippen LogP contribution >= 0.6 is 11.3 Å². The Balaban J connectivity index is 1.17. The van der Waals surface area contributed by atoms with Gasteiger partial charge in [0.15, 0.2) is 6.10 Å². The Labute approximate surface area is 189 Å². The topological polar surface area (TPSA) is 92.0 Å². The molecule has 0 bridgehead atoms. The van der Waals surface area contributed by atoms with Crippen LogP contribution in [0, 0.1) is 0 Å². The maximum Gasteiger partial charge on any atom is 0.268 e. The number of aromatic nitrogens is 2. The molecular formula is C22H23N5O4S. The minimum atomic E-state index is -0.608. The second-order valence-electron chi connectivity index (χ2n) is 7.80. The van der Waals surface area contributed by atoms with Crippen molar-refractivity contribution in [3.8, 4) is 16.5 Å². The lowest BCUT2D eigenvalue weighted by molar-refractivity contribution is -0.134. The van der Waals surface area contributed by atoms with E-state index in [1.807, 2.05) is 35.7 Å². The molecule has 3 aromatic rings. The monoisotopic (exact) mass is 453 g/mol. The van der Waals surface area contributed by atoms with E-state index in [0.29, 0.717) is 55.9 Å². The molecular weight excluding hydrogens is 430 g/mol. The quantitative estimate of drug-likeness (QED) is 0.585. The van der Waals surface area contributed by atoms with Crippen LogP contribution in [-0.2, 0) is 16.1 Å². The maximum absolute atomic E-state index is 13.0. The van der Waals surface area contributed by atoms with Crippen LogP contribution in [0.1, 0.15) is 12.8 Å². The first-order valence-corrected chi connectivity index (χ1v) is 11.4. The number of nitrogens with zero attached hydrogens (tertiary/aromatic N) is 5. The van der Waals surface area contributed by atoms with Gasteiger partial charge < -0.3 is 14.2 Å². The number of rotatable bonds is 5. The smallest absolute Gasteiger partial charge is 0.268 e. The second kappa shape index (κ2) is 8.71. The Morgan fingerprint density at radius 1 is 1.16 bits per heavy atom. The van der Waals surface area contributed by atoms with Crippen molar-refractivity contribution in [1.82, 2.24) is 19.9 Å². The van der Waals surface area contributed by atoms with Crippen molar-refractivity contribution in [1.29, 1.82) is 0 Å². The first kappa shape index (κ1) is 20.7. The lowest BCUT2D eigenvalue weighted by Crippen LogP contribution is -2.53. The van der Waals surface area contributed by atoms with E-state index in [-0.39, 0.29) is 18.4 Å². The average Bonchev–Trinajstić information content (AvgIpc) is 3.49. The van der Waals surface area contributed by atoms with E-state index < -0.39 is 6.10 Å². The summed E-state index contributed by atoms with van der Waals surface area (Å²) in [6, 6.07) is 11.2. The molecule has 1 atom stereocenters. The fraction of sp³-hybridized carbons (Fsp3) is 0.364. The van der Waals surface area contributed by atoms with E-state index in [1.165, 1.54) is 4.90 Å². The Hall–Kier alpha value is -3.24. The normalized spacial score (nSPS) is 19.0. The first-order chi connectivity index (χ1) is 15.6. The number of carbonyl (C=O) groups is 2. The number of ether oxygens (including phenoxy) is 1. The predicted octanol–water partition coefficient (Wildman–Crippen LogP) is 2.26. The summed E-state index contributed by atoms with van der Waals surface area (Å²) in [7, 11) is 0. The van der Waals surface area contributed by atoms with Crippen molar-refractivity contribution in [3.05, 3.63) is 47.7 Å². The van der Waals surface area contributed by atoms with Gasteiger partial charge in [0.2, 0.25) is 17.6 Å². The van der Waals surface area contributed by atoms with Crippen LogP contribution in [0.2, 0.25) is 0 Å². The molecule has 0 N–H and O–H groups in total. The molecule has 5 rings (SSSR count). The van der Waals surface area contributed by atoms with Crippen LogP contribution in [-0.4, -0.2) is 70.6 Å². The molecule has 0 saturated carbocycles. The summed E-state index contributed by atoms with van der Waals surface area (Å²) in [6.45, 7) is 4.83. The summed E-state index contributed by atoms with van der Waals surface area (Å²) < 4.78 is 11.0. The molecule has 4 heterocycles. The summed E-state index contributed by atoms with van der Waals surface area (Å²) in [5, 5.41) is 6.03. The van der Waals surface area contributed by atoms with Gasteiger partial charge >= 0.3 is 0 Å². The zero-order valence-corrected chi connectivity index (χ0v) is 18.5. The third-order valence-corrected chi connectivity index (χ3v) is 6.53. The molecule has 1 saturated heterocycles. The molecule has 9 nitrogen and oxygen atoms in total. The number of amides is 2. The molecule has 0 spiro atoms. The SMILES string of the molecule is CC1Oc2ccccc2N(CC(=O)N2CCN(Cc3nc(-c4cccs4)no3)CC2)C1=O. The molecule has 2 aliphatic heterocycles. The fourth-order valence-electron chi connectivity index (χ4n) is 3.93. The average molecular weight is 454 g/mol. The van der Waals surface area contributed by atoms with Gasteiger partial charge in [-0.1, -0.05) is 23.4 Å². The second-order valence-corrected chi connectivity index (χ2v) is 8.75. The van der Waals surface area contributed by atoms with Crippen molar-refractivity contribution in [2.24, 2.45) is 0 Å². The molecule has 1 fully saturated rings. The lowest BCUT2D eigenvalue weighted by atomic mass is 10.2. The van der Waals surface area contributed by atoms with Crippen LogP contribution in [0.5, 0.6) is 5.75 Å². The van der Waals surface area contributed by atoms with Gasteiger partial charge in [-0.2, -0.15) is 4.98 Å². The minimum absolute atomic E-state index is 0.0113. The molecule has 32 heavy (non-hydrogen) atoms. The van der Waals surface area contributed by atoms with Crippen LogP contribution in [0.3, 0.4) is 0 Å². The third-order valence-electron chi connectivity index (χ3n) is 5.66. The summed E-state index contributed by atoms with van der Waals surface area (Å²) in [5.41, 5.74) is 0.639. The number of piperazine rings is 1. The lowest BCUT2D eigenvalue weighted by Gasteiger charge is -2.37. The molecule has 0 radical (unpaired) electrons. The van der Waals surface area contributed by atoms with Gasteiger partial charge in [-0.3, -0.25) is 19.4 Å². The Bertz CT molecular complexity index is 1110. The van der Waals surface area contributed by atoms with Crippen molar-refractivity contribution >= 4 is 28.8 Å². The Kier molecular flexibility index (Phi) is 5.62. The number of thiophene rings is 1. The third kappa shape index (κ3) is 4.11. The van der Waals surface area contributed by atoms with Gasteiger partial charge in [-0.05, 0) is 30.5 Å². The van der Waals surface area contributed by atoms with Crippen LogP contribution < -0.4 is 9.64 Å². The van der Waals surface area contributed by atoms with Crippen LogP contribution in [0.4, 0.5) is 5.69 Å². The molecule has 10 heteroatoms. The number of fused-ring (bicyclic) bond motifs is 1. The van der Waals surface area contributed by atoms with Crippen molar-refractivity contribution in [2.75, 3.05) is 37.6 Å². The zero-order valence-electron chi connectivity index (χ0n) is 17.6. The van der Waals surface area contributed by atoms with Crippen molar-refractivity contribution in [3.63, 3.8) is 0 Å².